The number of esters is 3. The maximum atomic E-state index is 13.1. The van der Waals surface area contributed by atoms with E-state index in [1.807, 2.05) is 61.5 Å². The molecule has 0 bridgehead atoms. The first kappa shape index (κ1) is 23.8. The lowest BCUT2D eigenvalue weighted by atomic mass is 9.92. The quantitative estimate of drug-likeness (QED) is 0.296. The van der Waals surface area contributed by atoms with Crippen LogP contribution in [0.15, 0.2) is 54.6 Å². The Bertz CT molecular complexity index is 1440. The van der Waals surface area contributed by atoms with Gasteiger partial charge in [0, 0.05) is 11.1 Å². The smallest absolute Gasteiger partial charge is 0.340 e. The number of rotatable bonds is 5. The molecule has 7 heteroatoms. The first-order valence-corrected chi connectivity index (χ1v) is 10.9. The van der Waals surface area contributed by atoms with Gasteiger partial charge in [-0.25, -0.2) is 14.4 Å². The summed E-state index contributed by atoms with van der Waals surface area (Å²) in [4.78, 5) is 39.3. The van der Waals surface area contributed by atoms with E-state index in [9.17, 15) is 14.4 Å². The molecular weight excluding hydrogens is 446 g/mol. The van der Waals surface area contributed by atoms with Crippen LogP contribution in [-0.4, -0.2) is 39.2 Å². The zero-order valence-electron chi connectivity index (χ0n) is 20.1. The Hall–Kier alpha value is -4.39. The summed E-state index contributed by atoms with van der Waals surface area (Å²) in [5.41, 5.74) is 4.16. The Labute approximate surface area is 203 Å². The van der Waals surface area contributed by atoms with Gasteiger partial charge in [0.25, 0.3) is 0 Å². The topological polar surface area (TPSA) is 90.9 Å². The lowest BCUT2D eigenvalue weighted by molar-refractivity contribution is 0.0555. The van der Waals surface area contributed by atoms with Gasteiger partial charge >= 0.3 is 17.9 Å². The van der Waals surface area contributed by atoms with Gasteiger partial charge in [0.15, 0.2) is 0 Å². The van der Waals surface area contributed by atoms with E-state index in [2.05, 4.69) is 5.32 Å². The Morgan fingerprint density at radius 1 is 0.629 bits per heavy atom. The second-order valence-electron chi connectivity index (χ2n) is 8.08. The second kappa shape index (κ2) is 9.46. The number of benzene rings is 2. The highest BCUT2D eigenvalue weighted by Crippen LogP contribution is 2.48. The van der Waals surface area contributed by atoms with Gasteiger partial charge in [0.1, 0.15) is 0 Å². The molecule has 0 radical (unpaired) electrons. The largest absolute Gasteiger partial charge is 0.465 e. The molecule has 0 aromatic heterocycles. The lowest BCUT2D eigenvalue weighted by Gasteiger charge is -2.19. The maximum Gasteiger partial charge on any atom is 0.340 e. The lowest BCUT2D eigenvalue weighted by Crippen LogP contribution is -2.17. The monoisotopic (exact) mass is 471 g/mol. The minimum absolute atomic E-state index is 0.0187. The molecule has 0 spiro atoms. The Kier molecular flexibility index (Phi) is 6.42. The summed E-state index contributed by atoms with van der Waals surface area (Å²) in [6.45, 7) is 3.69. The molecule has 0 atom stereocenters. The third-order valence-electron chi connectivity index (χ3n) is 6.07. The van der Waals surface area contributed by atoms with Crippen molar-refractivity contribution in [2.75, 3.05) is 26.6 Å². The van der Waals surface area contributed by atoms with Gasteiger partial charge in [0.2, 0.25) is 0 Å². The van der Waals surface area contributed by atoms with E-state index in [-0.39, 0.29) is 22.4 Å². The van der Waals surface area contributed by atoms with E-state index in [0.717, 1.165) is 11.1 Å². The number of nitrogens with one attached hydrogen (secondary N) is 1. The van der Waals surface area contributed by atoms with Crippen LogP contribution in [0.5, 0.6) is 0 Å². The number of fused-ring (bicyclic) bond motifs is 3. The molecule has 2 aromatic carbocycles. The molecule has 0 heterocycles. The van der Waals surface area contributed by atoms with Gasteiger partial charge in [-0.3, -0.25) is 0 Å². The average molecular weight is 472 g/mol. The Balaban J connectivity index is 2.28. The van der Waals surface area contributed by atoms with Crippen molar-refractivity contribution in [3.63, 3.8) is 0 Å². The molecule has 178 valence electrons. The molecule has 2 aliphatic rings. The third kappa shape index (κ3) is 3.95. The fourth-order valence-corrected chi connectivity index (χ4v) is 4.46. The van der Waals surface area contributed by atoms with Crippen LogP contribution in [0, 0.1) is 13.8 Å². The number of anilines is 2. The van der Waals surface area contributed by atoms with Gasteiger partial charge in [-0.1, -0.05) is 48.0 Å². The number of carbonyl (C=O) groups excluding carboxylic acids is 3. The van der Waals surface area contributed by atoms with E-state index in [4.69, 9.17) is 14.2 Å². The molecule has 7 nitrogen and oxygen atoms in total. The number of ether oxygens (including phenoxy) is 3. The second-order valence-corrected chi connectivity index (χ2v) is 8.08. The van der Waals surface area contributed by atoms with Crippen molar-refractivity contribution in [1.82, 2.24) is 0 Å². The van der Waals surface area contributed by atoms with Crippen molar-refractivity contribution >= 4 is 40.1 Å². The molecule has 0 amide bonds. The van der Waals surface area contributed by atoms with E-state index in [0.29, 0.717) is 27.6 Å². The predicted molar refractivity (Wildman–Crippen MR) is 134 cm³/mol. The molecule has 0 unspecified atom stereocenters. The minimum Gasteiger partial charge on any atom is -0.465 e. The molecule has 4 rings (SSSR count). The number of carbonyl (C=O) groups is 3. The van der Waals surface area contributed by atoms with Crippen molar-refractivity contribution in [3.8, 4) is 11.1 Å². The summed E-state index contributed by atoms with van der Waals surface area (Å²) in [5.74, 6) is -1.99. The molecule has 0 saturated carbocycles. The SMILES string of the molecule is COC(=O)c1c(C(=O)OC)c(Nc2ccc(C)cc2)c2c(C(=O)OC)c3cccccc-3c2c1C. The van der Waals surface area contributed by atoms with Crippen molar-refractivity contribution < 1.29 is 28.6 Å². The zero-order valence-corrected chi connectivity index (χ0v) is 20.1. The molecule has 1 N–H and O–H groups in total. The molecule has 0 aliphatic heterocycles. The van der Waals surface area contributed by atoms with Crippen molar-refractivity contribution in [2.24, 2.45) is 0 Å². The number of hydrogen-bond donors (Lipinski definition) is 1. The Morgan fingerprint density at radius 2 is 1.17 bits per heavy atom. The van der Waals surface area contributed by atoms with Crippen molar-refractivity contribution in [1.29, 1.82) is 0 Å². The van der Waals surface area contributed by atoms with Crippen LogP contribution >= 0.6 is 0 Å². The third-order valence-corrected chi connectivity index (χ3v) is 6.07. The highest BCUT2D eigenvalue weighted by atomic mass is 16.5. The summed E-state index contributed by atoms with van der Waals surface area (Å²) < 4.78 is 15.3. The van der Waals surface area contributed by atoms with Crippen LogP contribution in [0.3, 0.4) is 0 Å². The van der Waals surface area contributed by atoms with E-state index in [1.54, 1.807) is 6.92 Å². The van der Waals surface area contributed by atoms with Crippen LogP contribution in [0.4, 0.5) is 11.4 Å². The normalized spacial score (nSPS) is 10.8. The first-order valence-electron chi connectivity index (χ1n) is 10.9. The molecule has 35 heavy (non-hydrogen) atoms. The number of hydrogen-bond acceptors (Lipinski definition) is 7. The molecule has 2 aromatic rings. The summed E-state index contributed by atoms with van der Waals surface area (Å²) in [7, 11) is 3.80. The number of aryl methyl sites for hydroxylation is 2. The highest BCUT2D eigenvalue weighted by molar-refractivity contribution is 6.27. The fourth-order valence-electron chi connectivity index (χ4n) is 4.46. The standard InChI is InChI=1S/C28H25NO6/c1-15-11-13-17(14-12-15)29-25-23-20(16(2)21(26(30)33-3)24(25)28(32)35-5)18-9-7-6-8-10-19(18)22(23)27(31)34-4/h6-14,29H,1-5H3. The van der Waals surface area contributed by atoms with Gasteiger partial charge in [-0.05, 0) is 48.1 Å². The molecular formula is C28H25NO6. The van der Waals surface area contributed by atoms with Crippen molar-refractivity contribution in [3.05, 3.63) is 82.4 Å². The van der Waals surface area contributed by atoms with Crippen LogP contribution in [0.2, 0.25) is 0 Å². The minimum atomic E-state index is -0.739. The van der Waals surface area contributed by atoms with E-state index in [1.165, 1.54) is 21.3 Å². The maximum absolute atomic E-state index is 13.1. The summed E-state index contributed by atoms with van der Waals surface area (Å²) in [5, 5.41) is 4.38. The van der Waals surface area contributed by atoms with Gasteiger partial charge in [-0.2, -0.15) is 0 Å². The Morgan fingerprint density at radius 3 is 1.77 bits per heavy atom. The highest BCUT2D eigenvalue weighted by Gasteiger charge is 2.34. The van der Waals surface area contributed by atoms with Crippen LogP contribution < -0.4 is 5.32 Å². The van der Waals surface area contributed by atoms with Crippen LogP contribution in [0.25, 0.3) is 21.9 Å². The molecule has 0 saturated heterocycles. The van der Waals surface area contributed by atoms with Gasteiger partial charge < -0.3 is 19.5 Å². The van der Waals surface area contributed by atoms with E-state index < -0.39 is 17.9 Å². The van der Waals surface area contributed by atoms with Gasteiger partial charge in [-0.15, -0.1) is 0 Å². The van der Waals surface area contributed by atoms with Gasteiger partial charge in [0.05, 0.1) is 43.7 Å². The fraction of sp³-hybridized carbons (Fsp3) is 0.179. The summed E-state index contributed by atoms with van der Waals surface area (Å²) in [6, 6.07) is 16.7. The van der Waals surface area contributed by atoms with Crippen LogP contribution in [-0.2, 0) is 14.2 Å². The zero-order chi connectivity index (χ0) is 25.3. The summed E-state index contributed by atoms with van der Waals surface area (Å²) in [6.07, 6.45) is 0. The summed E-state index contributed by atoms with van der Waals surface area (Å²) >= 11 is 0. The first-order chi connectivity index (χ1) is 16.8. The number of methoxy groups -OCH3 is 3. The van der Waals surface area contributed by atoms with E-state index >= 15 is 0 Å². The molecule has 0 fully saturated rings. The van der Waals surface area contributed by atoms with Crippen LogP contribution in [0.1, 0.15) is 42.2 Å². The average Bonchev–Trinajstić information content (AvgIpc) is 3.00. The van der Waals surface area contributed by atoms with Crippen molar-refractivity contribution in [2.45, 2.75) is 13.8 Å². The molecule has 2 aliphatic carbocycles. The predicted octanol–water partition coefficient (Wildman–Crippen LogP) is 5.66.